The molecule has 1 heterocycles. The number of pyridine rings is 1. The highest BCUT2D eigenvalue weighted by Crippen LogP contribution is 2.34. The highest BCUT2D eigenvalue weighted by Gasteiger charge is 2.19. The van der Waals surface area contributed by atoms with Crippen molar-refractivity contribution in [1.82, 2.24) is 4.98 Å². The Bertz CT molecular complexity index is 590. The highest BCUT2D eigenvalue weighted by molar-refractivity contribution is 5.95. The van der Waals surface area contributed by atoms with E-state index in [1.165, 1.54) is 28.6 Å². The first kappa shape index (κ1) is 11.5. The molecule has 3 nitrogen and oxygen atoms in total. The Hall–Kier alpha value is -1.61. The summed E-state index contributed by atoms with van der Waals surface area (Å²) >= 11 is 0. The predicted octanol–water partition coefficient (Wildman–Crippen LogP) is 2.96. The number of anilines is 1. The Morgan fingerprint density at radius 3 is 3.00 bits per heavy atom. The first-order chi connectivity index (χ1) is 8.85. The first-order valence-corrected chi connectivity index (χ1v) is 6.75. The SMILES string of the molecule is CCCc1cccc2c(NN)c3c(nc12)CCC3. The molecule has 0 saturated carbocycles. The molecule has 0 radical (unpaired) electrons. The van der Waals surface area contributed by atoms with Crippen LogP contribution in [0.25, 0.3) is 10.9 Å². The van der Waals surface area contributed by atoms with Gasteiger partial charge in [0.25, 0.3) is 0 Å². The normalized spacial score (nSPS) is 13.9. The number of hydrogen-bond donors (Lipinski definition) is 2. The Morgan fingerprint density at radius 1 is 1.33 bits per heavy atom. The van der Waals surface area contributed by atoms with Crippen LogP contribution in [0.4, 0.5) is 5.69 Å². The van der Waals surface area contributed by atoms with E-state index in [1.54, 1.807) is 0 Å². The number of benzene rings is 1. The minimum absolute atomic E-state index is 1.08. The molecule has 3 rings (SSSR count). The van der Waals surface area contributed by atoms with Gasteiger partial charge in [0.05, 0.1) is 11.2 Å². The molecule has 0 spiro atoms. The van der Waals surface area contributed by atoms with Crippen molar-refractivity contribution in [3.63, 3.8) is 0 Å². The van der Waals surface area contributed by atoms with Crippen molar-refractivity contribution >= 4 is 16.6 Å². The van der Waals surface area contributed by atoms with Crippen LogP contribution in [-0.2, 0) is 19.3 Å². The fourth-order valence-corrected chi connectivity index (χ4v) is 2.98. The second-order valence-electron chi connectivity index (χ2n) is 4.97. The van der Waals surface area contributed by atoms with Crippen molar-refractivity contribution in [2.24, 2.45) is 5.84 Å². The number of aryl methyl sites for hydroxylation is 2. The quantitative estimate of drug-likeness (QED) is 0.641. The van der Waals surface area contributed by atoms with E-state index in [4.69, 9.17) is 10.8 Å². The molecule has 1 aromatic carbocycles. The van der Waals surface area contributed by atoms with E-state index in [0.29, 0.717) is 0 Å². The van der Waals surface area contributed by atoms with Crippen LogP contribution < -0.4 is 11.3 Å². The lowest BCUT2D eigenvalue weighted by molar-refractivity contribution is 0.898. The van der Waals surface area contributed by atoms with Crippen LogP contribution in [0.3, 0.4) is 0 Å². The first-order valence-electron chi connectivity index (χ1n) is 6.75. The lowest BCUT2D eigenvalue weighted by atomic mass is 10.0. The topological polar surface area (TPSA) is 50.9 Å². The van der Waals surface area contributed by atoms with Gasteiger partial charge in [-0.05, 0) is 36.8 Å². The van der Waals surface area contributed by atoms with Crippen molar-refractivity contribution in [1.29, 1.82) is 0 Å². The molecule has 0 aliphatic heterocycles. The van der Waals surface area contributed by atoms with Crippen LogP contribution >= 0.6 is 0 Å². The van der Waals surface area contributed by atoms with E-state index in [9.17, 15) is 0 Å². The van der Waals surface area contributed by atoms with Crippen LogP contribution in [-0.4, -0.2) is 4.98 Å². The number of nitrogen functional groups attached to an aromatic ring is 1. The fourth-order valence-electron chi connectivity index (χ4n) is 2.98. The van der Waals surface area contributed by atoms with Gasteiger partial charge in [-0.2, -0.15) is 0 Å². The lowest BCUT2D eigenvalue weighted by Gasteiger charge is -2.13. The van der Waals surface area contributed by atoms with Gasteiger partial charge in [-0.3, -0.25) is 10.8 Å². The number of hydrogen-bond acceptors (Lipinski definition) is 3. The van der Waals surface area contributed by atoms with Gasteiger partial charge < -0.3 is 5.43 Å². The number of aromatic nitrogens is 1. The van der Waals surface area contributed by atoms with Gasteiger partial charge in [-0.25, -0.2) is 0 Å². The zero-order valence-electron chi connectivity index (χ0n) is 10.8. The molecule has 1 aliphatic rings. The maximum Gasteiger partial charge on any atom is 0.0758 e. The van der Waals surface area contributed by atoms with Gasteiger partial charge >= 0.3 is 0 Å². The lowest BCUT2D eigenvalue weighted by Crippen LogP contribution is -2.11. The summed E-state index contributed by atoms with van der Waals surface area (Å²) in [5.74, 6) is 5.74. The minimum atomic E-state index is 1.08. The minimum Gasteiger partial charge on any atom is -0.323 e. The van der Waals surface area contributed by atoms with Crippen molar-refractivity contribution in [3.05, 3.63) is 35.0 Å². The molecule has 18 heavy (non-hydrogen) atoms. The number of nitrogens with one attached hydrogen (secondary N) is 1. The second-order valence-corrected chi connectivity index (χ2v) is 4.97. The van der Waals surface area contributed by atoms with Gasteiger partial charge in [0.1, 0.15) is 0 Å². The number of nitrogens with zero attached hydrogens (tertiary/aromatic N) is 1. The standard InChI is InChI=1S/C15H19N3/c1-2-5-10-6-3-8-12-14(10)17-13-9-4-7-11(13)15(12)18-16/h3,6,8H,2,4-5,7,9,16H2,1H3,(H,17,18). The smallest absolute Gasteiger partial charge is 0.0758 e. The molecule has 94 valence electrons. The molecule has 0 amide bonds. The van der Waals surface area contributed by atoms with E-state index in [0.717, 1.165) is 36.9 Å². The number of hydrazine groups is 1. The molecule has 0 unspecified atom stereocenters. The molecular formula is C15H19N3. The van der Waals surface area contributed by atoms with Gasteiger partial charge in [0.2, 0.25) is 0 Å². The predicted molar refractivity (Wildman–Crippen MR) is 75.6 cm³/mol. The monoisotopic (exact) mass is 241 g/mol. The Balaban J connectivity index is 2.31. The van der Waals surface area contributed by atoms with Crippen LogP contribution in [0.1, 0.15) is 36.6 Å². The molecule has 3 N–H and O–H groups in total. The van der Waals surface area contributed by atoms with E-state index in [-0.39, 0.29) is 0 Å². The molecule has 0 saturated heterocycles. The fraction of sp³-hybridized carbons (Fsp3) is 0.400. The molecule has 2 aromatic rings. The van der Waals surface area contributed by atoms with Crippen molar-refractivity contribution in [3.8, 4) is 0 Å². The van der Waals surface area contributed by atoms with Crippen molar-refractivity contribution < 1.29 is 0 Å². The van der Waals surface area contributed by atoms with Gasteiger partial charge in [-0.15, -0.1) is 0 Å². The average molecular weight is 241 g/mol. The van der Waals surface area contributed by atoms with Crippen LogP contribution in [0.5, 0.6) is 0 Å². The third-order valence-electron chi connectivity index (χ3n) is 3.79. The number of nitrogens with two attached hydrogens (primary N) is 1. The maximum atomic E-state index is 5.74. The van der Waals surface area contributed by atoms with Crippen LogP contribution in [0.2, 0.25) is 0 Å². The van der Waals surface area contributed by atoms with Crippen molar-refractivity contribution in [2.45, 2.75) is 39.0 Å². The Labute approximate surface area is 107 Å². The van der Waals surface area contributed by atoms with E-state index in [2.05, 4.69) is 30.5 Å². The van der Waals surface area contributed by atoms with Gasteiger partial charge in [0.15, 0.2) is 0 Å². The summed E-state index contributed by atoms with van der Waals surface area (Å²) in [7, 11) is 0. The summed E-state index contributed by atoms with van der Waals surface area (Å²) in [6.45, 7) is 2.20. The summed E-state index contributed by atoms with van der Waals surface area (Å²) in [5, 5.41) is 1.17. The largest absolute Gasteiger partial charge is 0.323 e. The summed E-state index contributed by atoms with van der Waals surface area (Å²) in [6.07, 6.45) is 5.59. The third-order valence-corrected chi connectivity index (χ3v) is 3.79. The Morgan fingerprint density at radius 2 is 2.22 bits per heavy atom. The molecule has 3 heteroatoms. The molecule has 0 atom stereocenters. The maximum absolute atomic E-state index is 5.74. The Kier molecular flexibility index (Phi) is 2.92. The summed E-state index contributed by atoms with van der Waals surface area (Å²) in [6, 6.07) is 6.41. The summed E-state index contributed by atoms with van der Waals surface area (Å²) in [5.41, 5.74) is 9.01. The number of fused-ring (bicyclic) bond motifs is 2. The molecule has 0 fully saturated rings. The number of rotatable bonds is 3. The van der Waals surface area contributed by atoms with Crippen LogP contribution in [0, 0.1) is 0 Å². The number of para-hydroxylation sites is 1. The van der Waals surface area contributed by atoms with E-state index >= 15 is 0 Å². The average Bonchev–Trinajstić information content (AvgIpc) is 2.85. The van der Waals surface area contributed by atoms with Crippen LogP contribution in [0.15, 0.2) is 18.2 Å². The zero-order chi connectivity index (χ0) is 12.5. The van der Waals surface area contributed by atoms with Gasteiger partial charge in [0, 0.05) is 11.1 Å². The highest BCUT2D eigenvalue weighted by atomic mass is 15.2. The summed E-state index contributed by atoms with van der Waals surface area (Å²) < 4.78 is 0. The zero-order valence-corrected chi connectivity index (χ0v) is 10.8. The van der Waals surface area contributed by atoms with E-state index < -0.39 is 0 Å². The second kappa shape index (κ2) is 4.58. The molecule has 1 aromatic heterocycles. The van der Waals surface area contributed by atoms with Gasteiger partial charge in [-0.1, -0.05) is 31.5 Å². The summed E-state index contributed by atoms with van der Waals surface area (Å²) in [4.78, 5) is 4.89. The molecular weight excluding hydrogens is 222 g/mol. The van der Waals surface area contributed by atoms with Crippen molar-refractivity contribution in [2.75, 3.05) is 5.43 Å². The third kappa shape index (κ3) is 1.66. The molecule has 1 aliphatic carbocycles. The molecule has 0 bridgehead atoms. The van der Waals surface area contributed by atoms with E-state index in [1.807, 2.05) is 0 Å².